The van der Waals surface area contributed by atoms with Gasteiger partial charge in [-0.15, -0.1) is 0 Å². The number of hydrogen-bond acceptors (Lipinski definition) is 5. The van der Waals surface area contributed by atoms with Crippen molar-refractivity contribution in [3.05, 3.63) is 63.4 Å². The Morgan fingerprint density at radius 1 is 1.40 bits per heavy atom. The Balaban J connectivity index is 2.46. The quantitative estimate of drug-likeness (QED) is 0.366. The number of nitrogens with zero attached hydrogens (tertiary/aromatic N) is 2. The standard InChI is InChI=1S/C14H12N2O4/c1-3-4-7-11-14(17)20-13(15-11)10-6-5-8-12(9(10)2)16(18)19/h3-8H,1-2H3/b4-3+,11-7-. The molecule has 0 unspecified atom stereocenters. The molecule has 0 saturated carbocycles. The summed E-state index contributed by atoms with van der Waals surface area (Å²) in [6.45, 7) is 3.41. The number of rotatable bonds is 3. The van der Waals surface area contributed by atoms with Crippen molar-refractivity contribution >= 4 is 17.6 Å². The molecule has 6 nitrogen and oxygen atoms in total. The lowest BCUT2D eigenvalue weighted by atomic mass is 10.1. The molecular weight excluding hydrogens is 260 g/mol. The first-order valence-electron chi connectivity index (χ1n) is 5.93. The van der Waals surface area contributed by atoms with Crippen molar-refractivity contribution in [2.45, 2.75) is 13.8 Å². The van der Waals surface area contributed by atoms with Gasteiger partial charge in [-0.3, -0.25) is 10.1 Å². The van der Waals surface area contributed by atoms with Gasteiger partial charge in [0.05, 0.1) is 4.92 Å². The summed E-state index contributed by atoms with van der Waals surface area (Å²) >= 11 is 0. The lowest BCUT2D eigenvalue weighted by Gasteiger charge is -2.04. The molecule has 1 aromatic carbocycles. The number of allylic oxidation sites excluding steroid dienone is 3. The van der Waals surface area contributed by atoms with Crippen molar-refractivity contribution in [3.63, 3.8) is 0 Å². The lowest BCUT2D eigenvalue weighted by molar-refractivity contribution is -0.385. The summed E-state index contributed by atoms with van der Waals surface area (Å²) in [5, 5.41) is 10.9. The molecule has 0 radical (unpaired) electrons. The number of carbonyl (C=O) groups is 1. The third kappa shape index (κ3) is 2.49. The number of carbonyl (C=O) groups excluding carboxylic acids is 1. The van der Waals surface area contributed by atoms with E-state index in [0.29, 0.717) is 11.1 Å². The molecular formula is C14H12N2O4. The summed E-state index contributed by atoms with van der Waals surface area (Å²) in [5.74, 6) is -0.476. The van der Waals surface area contributed by atoms with E-state index in [4.69, 9.17) is 4.74 Å². The second kappa shape index (κ2) is 5.48. The van der Waals surface area contributed by atoms with E-state index in [1.807, 2.05) is 6.92 Å². The highest BCUT2D eigenvalue weighted by Crippen LogP contribution is 2.25. The van der Waals surface area contributed by atoms with Gasteiger partial charge in [-0.25, -0.2) is 9.79 Å². The number of aliphatic imine (C=N–C) groups is 1. The molecule has 1 aromatic rings. The van der Waals surface area contributed by atoms with Crippen molar-refractivity contribution in [1.82, 2.24) is 0 Å². The molecule has 2 rings (SSSR count). The molecule has 6 heteroatoms. The molecule has 0 atom stereocenters. The van der Waals surface area contributed by atoms with Crippen LogP contribution >= 0.6 is 0 Å². The zero-order chi connectivity index (χ0) is 14.7. The van der Waals surface area contributed by atoms with Gasteiger partial charge in [0.2, 0.25) is 5.90 Å². The van der Waals surface area contributed by atoms with Gasteiger partial charge >= 0.3 is 5.97 Å². The van der Waals surface area contributed by atoms with Crippen LogP contribution in [0.1, 0.15) is 18.1 Å². The SMILES string of the molecule is C/C=C/C=C1\N=C(c2cccc([N+](=O)[O-])c2C)OC1=O. The fourth-order valence-electron chi connectivity index (χ4n) is 1.78. The van der Waals surface area contributed by atoms with Crippen molar-refractivity contribution < 1.29 is 14.5 Å². The maximum Gasteiger partial charge on any atom is 0.363 e. The molecule has 0 aromatic heterocycles. The van der Waals surface area contributed by atoms with Crippen molar-refractivity contribution in [2.24, 2.45) is 4.99 Å². The monoisotopic (exact) mass is 272 g/mol. The van der Waals surface area contributed by atoms with Gasteiger partial charge in [0.1, 0.15) is 0 Å². The maximum absolute atomic E-state index is 11.6. The summed E-state index contributed by atoms with van der Waals surface area (Å²) < 4.78 is 5.06. The van der Waals surface area contributed by atoms with Crippen molar-refractivity contribution in [3.8, 4) is 0 Å². The zero-order valence-electron chi connectivity index (χ0n) is 11.0. The number of nitro benzene ring substituents is 1. The normalized spacial score (nSPS) is 16.6. The second-order valence-corrected chi connectivity index (χ2v) is 4.09. The van der Waals surface area contributed by atoms with E-state index in [2.05, 4.69) is 4.99 Å². The molecule has 0 bridgehead atoms. The van der Waals surface area contributed by atoms with Crippen molar-refractivity contribution in [2.75, 3.05) is 0 Å². The van der Waals surface area contributed by atoms with E-state index in [9.17, 15) is 14.9 Å². The molecule has 102 valence electrons. The minimum absolute atomic E-state index is 0.0351. The molecule has 0 spiro atoms. The smallest absolute Gasteiger partial charge is 0.363 e. The summed E-state index contributed by atoms with van der Waals surface area (Å²) in [5.41, 5.74) is 0.990. The summed E-state index contributed by atoms with van der Waals surface area (Å²) in [6.07, 6.45) is 4.96. The summed E-state index contributed by atoms with van der Waals surface area (Å²) in [6, 6.07) is 4.56. The molecule has 0 aliphatic carbocycles. The molecule has 0 amide bonds. The van der Waals surface area contributed by atoms with Gasteiger partial charge in [-0.05, 0) is 26.0 Å². The Labute approximate surface area is 115 Å². The van der Waals surface area contributed by atoms with Crippen LogP contribution in [0.5, 0.6) is 0 Å². The summed E-state index contributed by atoms with van der Waals surface area (Å²) in [4.78, 5) is 26.1. The van der Waals surface area contributed by atoms with Crippen LogP contribution in [-0.2, 0) is 9.53 Å². The zero-order valence-corrected chi connectivity index (χ0v) is 11.0. The fourth-order valence-corrected chi connectivity index (χ4v) is 1.78. The Kier molecular flexibility index (Phi) is 3.74. The summed E-state index contributed by atoms with van der Waals surface area (Å²) in [7, 11) is 0. The Morgan fingerprint density at radius 3 is 2.80 bits per heavy atom. The highest BCUT2D eigenvalue weighted by Gasteiger charge is 2.26. The van der Waals surface area contributed by atoms with Crippen LogP contribution in [0.2, 0.25) is 0 Å². The van der Waals surface area contributed by atoms with Gasteiger partial charge < -0.3 is 4.74 Å². The number of esters is 1. The molecule has 1 aliphatic heterocycles. The molecule has 0 fully saturated rings. The van der Waals surface area contributed by atoms with Gasteiger partial charge in [0.15, 0.2) is 5.70 Å². The first-order valence-corrected chi connectivity index (χ1v) is 5.93. The third-order valence-electron chi connectivity index (χ3n) is 2.80. The minimum atomic E-state index is -0.566. The number of benzene rings is 1. The van der Waals surface area contributed by atoms with Crippen molar-refractivity contribution in [1.29, 1.82) is 0 Å². The van der Waals surface area contributed by atoms with E-state index in [1.54, 1.807) is 25.1 Å². The largest absolute Gasteiger partial charge is 0.402 e. The lowest BCUT2D eigenvalue weighted by Crippen LogP contribution is -2.08. The predicted octanol–water partition coefficient (Wildman–Crippen LogP) is 2.67. The number of cyclic esters (lactones) is 1. The Morgan fingerprint density at radius 2 is 2.15 bits per heavy atom. The number of nitro groups is 1. The molecule has 0 N–H and O–H groups in total. The van der Waals surface area contributed by atoms with E-state index in [-0.39, 0.29) is 17.3 Å². The third-order valence-corrected chi connectivity index (χ3v) is 2.80. The average molecular weight is 272 g/mol. The first-order chi connectivity index (χ1) is 9.54. The predicted molar refractivity (Wildman–Crippen MR) is 73.4 cm³/mol. The fraction of sp³-hybridized carbons (Fsp3) is 0.143. The van der Waals surface area contributed by atoms with Crippen LogP contribution in [-0.4, -0.2) is 16.8 Å². The highest BCUT2D eigenvalue weighted by atomic mass is 16.6. The van der Waals surface area contributed by atoms with Crippen LogP contribution in [0.3, 0.4) is 0 Å². The Bertz CT molecular complexity index is 672. The molecule has 1 aliphatic rings. The molecule has 20 heavy (non-hydrogen) atoms. The van der Waals surface area contributed by atoms with E-state index >= 15 is 0 Å². The molecule has 0 saturated heterocycles. The Hall–Kier alpha value is -2.76. The van der Waals surface area contributed by atoms with E-state index in [1.165, 1.54) is 18.2 Å². The number of ether oxygens (including phenoxy) is 1. The highest BCUT2D eigenvalue weighted by molar-refractivity contribution is 6.12. The maximum atomic E-state index is 11.6. The first kappa shape index (κ1) is 13.7. The minimum Gasteiger partial charge on any atom is -0.402 e. The van der Waals surface area contributed by atoms with Gasteiger partial charge in [-0.1, -0.05) is 18.2 Å². The van der Waals surface area contributed by atoms with Crippen LogP contribution in [0.4, 0.5) is 5.69 Å². The van der Waals surface area contributed by atoms with Crippen LogP contribution < -0.4 is 0 Å². The van der Waals surface area contributed by atoms with Crippen LogP contribution in [0.25, 0.3) is 0 Å². The van der Waals surface area contributed by atoms with Crippen LogP contribution in [0.15, 0.2) is 47.1 Å². The second-order valence-electron chi connectivity index (χ2n) is 4.09. The van der Waals surface area contributed by atoms with E-state index in [0.717, 1.165) is 0 Å². The van der Waals surface area contributed by atoms with Gasteiger partial charge in [0.25, 0.3) is 5.69 Å². The molecule has 1 heterocycles. The van der Waals surface area contributed by atoms with E-state index < -0.39 is 10.9 Å². The topological polar surface area (TPSA) is 81.8 Å². The van der Waals surface area contributed by atoms with Gasteiger partial charge in [-0.2, -0.15) is 0 Å². The average Bonchev–Trinajstić information content (AvgIpc) is 2.77. The van der Waals surface area contributed by atoms with Gasteiger partial charge in [0, 0.05) is 17.2 Å². The van der Waals surface area contributed by atoms with Crippen LogP contribution in [0, 0.1) is 17.0 Å². The number of hydrogen-bond donors (Lipinski definition) is 0.